The van der Waals surface area contributed by atoms with E-state index in [0.717, 1.165) is 5.92 Å². The molecule has 0 aromatic rings. The predicted molar refractivity (Wildman–Crippen MR) is 57.1 cm³/mol. The molecule has 0 unspecified atom stereocenters. The molecule has 0 saturated heterocycles. The predicted octanol–water partition coefficient (Wildman–Crippen LogP) is 2.44. The maximum atomic E-state index is 5.44. The molecule has 0 radical (unpaired) electrons. The van der Waals surface area contributed by atoms with Gasteiger partial charge in [0.1, 0.15) is 0 Å². The van der Waals surface area contributed by atoms with Gasteiger partial charge in [0.05, 0.1) is 0 Å². The van der Waals surface area contributed by atoms with Gasteiger partial charge in [-0.3, -0.25) is 11.3 Å². The normalized spacial score (nSPS) is 30.5. The van der Waals surface area contributed by atoms with Gasteiger partial charge in [-0.15, -0.1) is 0 Å². The van der Waals surface area contributed by atoms with Crippen molar-refractivity contribution in [2.75, 3.05) is 0 Å². The largest absolute Gasteiger partial charge is 0.271 e. The molecule has 2 heteroatoms. The number of rotatable bonds is 3. The van der Waals surface area contributed by atoms with Crippen LogP contribution < -0.4 is 11.3 Å². The fraction of sp³-hybridized carbons (Fsp3) is 1.00. The second-order valence-corrected chi connectivity index (χ2v) is 5.06. The molecule has 0 heterocycles. The van der Waals surface area contributed by atoms with E-state index in [1.807, 2.05) is 0 Å². The van der Waals surface area contributed by atoms with Crippen LogP contribution in [0.5, 0.6) is 0 Å². The first-order valence-corrected chi connectivity index (χ1v) is 5.56. The van der Waals surface area contributed by atoms with Gasteiger partial charge in [-0.1, -0.05) is 27.2 Å². The molecule has 1 saturated carbocycles. The maximum absolute atomic E-state index is 5.44. The second kappa shape index (κ2) is 4.43. The molecule has 0 atom stereocenters. The molecule has 1 aliphatic carbocycles. The van der Waals surface area contributed by atoms with Crippen LogP contribution in [0.2, 0.25) is 0 Å². The molecule has 3 N–H and O–H groups in total. The van der Waals surface area contributed by atoms with Gasteiger partial charge in [0.25, 0.3) is 0 Å². The van der Waals surface area contributed by atoms with E-state index in [2.05, 4.69) is 26.2 Å². The lowest BCUT2D eigenvalue weighted by Gasteiger charge is -2.38. The summed E-state index contributed by atoms with van der Waals surface area (Å²) in [7, 11) is 0. The highest BCUT2D eigenvalue weighted by Gasteiger charge is 2.31. The molecule has 1 aliphatic rings. The highest BCUT2D eigenvalue weighted by atomic mass is 15.2. The van der Waals surface area contributed by atoms with Crippen molar-refractivity contribution in [1.29, 1.82) is 0 Å². The van der Waals surface area contributed by atoms with E-state index in [0.29, 0.717) is 11.5 Å². The molecule has 1 fully saturated rings. The molecule has 0 aromatic heterocycles. The van der Waals surface area contributed by atoms with E-state index in [9.17, 15) is 0 Å². The van der Waals surface area contributed by atoms with Crippen molar-refractivity contribution in [2.45, 2.75) is 58.9 Å². The smallest absolute Gasteiger partial charge is 0.0210 e. The number of hydrogen-bond acceptors (Lipinski definition) is 2. The van der Waals surface area contributed by atoms with E-state index in [-0.39, 0.29) is 0 Å². The standard InChI is InChI=1S/C11H24N2/c1-4-11(2,3)9-5-7-10(13-12)8-6-9/h9-10,13H,4-8,12H2,1-3H3. The summed E-state index contributed by atoms with van der Waals surface area (Å²) < 4.78 is 0. The molecule has 2 nitrogen and oxygen atoms in total. The van der Waals surface area contributed by atoms with Crippen molar-refractivity contribution in [3.05, 3.63) is 0 Å². The Balaban J connectivity index is 2.40. The van der Waals surface area contributed by atoms with E-state index in [1.54, 1.807) is 0 Å². The first-order valence-electron chi connectivity index (χ1n) is 5.56. The SMILES string of the molecule is CCC(C)(C)C1CCC(NN)CC1. The summed E-state index contributed by atoms with van der Waals surface area (Å²) >= 11 is 0. The molecule has 1 rings (SSSR count). The number of hydrazine groups is 1. The Morgan fingerprint density at radius 1 is 1.23 bits per heavy atom. The number of nitrogens with two attached hydrogens (primary N) is 1. The van der Waals surface area contributed by atoms with Crippen LogP contribution in [0.1, 0.15) is 52.9 Å². The molecular weight excluding hydrogens is 160 g/mol. The van der Waals surface area contributed by atoms with Crippen LogP contribution in [0.25, 0.3) is 0 Å². The van der Waals surface area contributed by atoms with E-state index < -0.39 is 0 Å². The average molecular weight is 184 g/mol. The summed E-state index contributed by atoms with van der Waals surface area (Å²) in [5, 5.41) is 0. The van der Waals surface area contributed by atoms with Crippen LogP contribution in [0.15, 0.2) is 0 Å². The molecular formula is C11H24N2. The third kappa shape index (κ3) is 2.68. The Hall–Kier alpha value is -0.0800. The van der Waals surface area contributed by atoms with Gasteiger partial charge >= 0.3 is 0 Å². The van der Waals surface area contributed by atoms with Gasteiger partial charge in [-0.05, 0) is 37.0 Å². The Labute approximate surface area is 82.2 Å². The highest BCUT2D eigenvalue weighted by molar-refractivity contribution is 4.83. The zero-order valence-corrected chi connectivity index (χ0v) is 9.27. The van der Waals surface area contributed by atoms with Crippen LogP contribution in [0.3, 0.4) is 0 Å². The first kappa shape index (κ1) is 11.0. The fourth-order valence-corrected chi connectivity index (χ4v) is 2.33. The van der Waals surface area contributed by atoms with Crippen LogP contribution in [0.4, 0.5) is 0 Å². The number of hydrogen-bond donors (Lipinski definition) is 2. The second-order valence-electron chi connectivity index (χ2n) is 5.06. The molecule has 0 bridgehead atoms. The van der Waals surface area contributed by atoms with Crippen LogP contribution in [-0.2, 0) is 0 Å². The Bertz CT molecular complexity index is 146. The third-order valence-electron chi connectivity index (χ3n) is 3.98. The molecule has 0 aliphatic heterocycles. The molecule has 0 spiro atoms. The van der Waals surface area contributed by atoms with Crippen molar-refractivity contribution >= 4 is 0 Å². The molecule has 78 valence electrons. The zero-order valence-electron chi connectivity index (χ0n) is 9.27. The number of nitrogens with one attached hydrogen (secondary N) is 1. The van der Waals surface area contributed by atoms with E-state index in [4.69, 9.17) is 5.84 Å². The van der Waals surface area contributed by atoms with Gasteiger partial charge in [0, 0.05) is 6.04 Å². The summed E-state index contributed by atoms with van der Waals surface area (Å²) in [6.07, 6.45) is 6.49. The van der Waals surface area contributed by atoms with E-state index in [1.165, 1.54) is 32.1 Å². The monoisotopic (exact) mass is 184 g/mol. The van der Waals surface area contributed by atoms with Crippen molar-refractivity contribution in [1.82, 2.24) is 5.43 Å². The van der Waals surface area contributed by atoms with Gasteiger partial charge < -0.3 is 0 Å². The lowest BCUT2D eigenvalue weighted by Crippen LogP contribution is -2.40. The Morgan fingerprint density at radius 2 is 1.77 bits per heavy atom. The first-order chi connectivity index (χ1) is 6.10. The van der Waals surface area contributed by atoms with Crippen molar-refractivity contribution in [2.24, 2.45) is 17.2 Å². The third-order valence-corrected chi connectivity index (χ3v) is 3.98. The van der Waals surface area contributed by atoms with Gasteiger partial charge in [0.2, 0.25) is 0 Å². The lowest BCUT2D eigenvalue weighted by molar-refractivity contribution is 0.137. The fourth-order valence-electron chi connectivity index (χ4n) is 2.33. The summed E-state index contributed by atoms with van der Waals surface area (Å²) in [6, 6.07) is 0.573. The minimum absolute atomic E-state index is 0.527. The lowest BCUT2D eigenvalue weighted by atomic mass is 9.69. The minimum Gasteiger partial charge on any atom is -0.271 e. The van der Waals surface area contributed by atoms with Crippen molar-refractivity contribution in [3.8, 4) is 0 Å². The average Bonchev–Trinajstić information content (AvgIpc) is 2.18. The van der Waals surface area contributed by atoms with Gasteiger partial charge in [0.15, 0.2) is 0 Å². The van der Waals surface area contributed by atoms with Gasteiger partial charge in [-0.25, -0.2) is 0 Å². The van der Waals surface area contributed by atoms with Crippen LogP contribution >= 0.6 is 0 Å². The topological polar surface area (TPSA) is 38.0 Å². The maximum Gasteiger partial charge on any atom is 0.0210 e. The van der Waals surface area contributed by atoms with Crippen molar-refractivity contribution in [3.63, 3.8) is 0 Å². The Morgan fingerprint density at radius 3 is 2.15 bits per heavy atom. The minimum atomic E-state index is 0.527. The Kier molecular flexibility index (Phi) is 3.74. The summed E-state index contributed by atoms with van der Waals surface area (Å²) in [5.41, 5.74) is 3.42. The van der Waals surface area contributed by atoms with E-state index >= 15 is 0 Å². The molecule has 0 aromatic carbocycles. The molecule has 13 heavy (non-hydrogen) atoms. The van der Waals surface area contributed by atoms with Crippen molar-refractivity contribution < 1.29 is 0 Å². The summed E-state index contributed by atoms with van der Waals surface area (Å²) in [6.45, 7) is 7.09. The highest BCUT2D eigenvalue weighted by Crippen LogP contribution is 2.40. The summed E-state index contributed by atoms with van der Waals surface area (Å²) in [5.74, 6) is 6.34. The zero-order chi connectivity index (χ0) is 9.90. The molecule has 0 amide bonds. The quantitative estimate of drug-likeness (QED) is 0.522. The van der Waals surface area contributed by atoms with Crippen LogP contribution in [-0.4, -0.2) is 6.04 Å². The summed E-state index contributed by atoms with van der Waals surface area (Å²) in [4.78, 5) is 0. The van der Waals surface area contributed by atoms with Gasteiger partial charge in [-0.2, -0.15) is 0 Å². The van der Waals surface area contributed by atoms with Crippen LogP contribution in [0, 0.1) is 11.3 Å².